The zero-order valence-electron chi connectivity index (χ0n) is 12.0. The molecule has 0 atom stereocenters. The van der Waals surface area contributed by atoms with E-state index in [9.17, 15) is 14.9 Å². The highest BCUT2D eigenvalue weighted by molar-refractivity contribution is 5.92. The number of aromatic nitrogens is 1. The fourth-order valence-corrected chi connectivity index (χ4v) is 1.49. The molecular formula is C14H12N4O5. The summed E-state index contributed by atoms with van der Waals surface area (Å²) in [6.07, 6.45) is 5.53. The molecule has 23 heavy (non-hydrogen) atoms. The van der Waals surface area contributed by atoms with Gasteiger partial charge in [0.2, 0.25) is 5.88 Å². The van der Waals surface area contributed by atoms with E-state index < -0.39 is 16.7 Å². The Bertz CT molecular complexity index is 749. The van der Waals surface area contributed by atoms with E-state index in [1.165, 1.54) is 25.3 Å². The number of hydrazone groups is 1. The molecule has 0 bridgehead atoms. The number of rotatable bonds is 6. The third-order valence-corrected chi connectivity index (χ3v) is 2.55. The van der Waals surface area contributed by atoms with Gasteiger partial charge in [-0.25, -0.2) is 10.4 Å². The summed E-state index contributed by atoms with van der Waals surface area (Å²) < 4.78 is 9.76. The normalized spacial score (nSPS) is 11.0. The molecular weight excluding hydrogens is 304 g/mol. The van der Waals surface area contributed by atoms with Crippen LogP contribution in [0.25, 0.3) is 6.08 Å². The molecule has 0 saturated heterocycles. The number of carbonyl (C=O) groups is 1. The zero-order chi connectivity index (χ0) is 16.7. The quantitative estimate of drug-likeness (QED) is 0.375. The van der Waals surface area contributed by atoms with Gasteiger partial charge < -0.3 is 9.15 Å². The van der Waals surface area contributed by atoms with E-state index in [1.54, 1.807) is 24.4 Å². The molecule has 0 fully saturated rings. The smallest absolute Gasteiger partial charge is 0.433 e. The second-order valence-electron chi connectivity index (χ2n) is 4.13. The van der Waals surface area contributed by atoms with Gasteiger partial charge in [0.25, 0.3) is 5.91 Å². The minimum atomic E-state index is -0.665. The number of furan rings is 1. The highest BCUT2D eigenvalue weighted by Gasteiger charge is 2.10. The standard InChI is InChI=1S/C14H12N4O5/c1-22-13-6-3-10(8-15-13)2-5-12(19)17-16-9-11-4-7-14(23-11)18(20)21/h2-9H,1H3,(H,17,19). The van der Waals surface area contributed by atoms with Crippen LogP contribution in [0.4, 0.5) is 5.88 Å². The molecule has 0 aliphatic carbocycles. The van der Waals surface area contributed by atoms with Crippen LogP contribution in [-0.4, -0.2) is 29.1 Å². The van der Waals surface area contributed by atoms with Crippen LogP contribution in [0.1, 0.15) is 11.3 Å². The van der Waals surface area contributed by atoms with E-state index in [0.29, 0.717) is 11.4 Å². The first-order valence-corrected chi connectivity index (χ1v) is 6.34. The molecule has 1 N–H and O–H groups in total. The van der Waals surface area contributed by atoms with Crippen molar-refractivity contribution in [3.8, 4) is 5.88 Å². The third kappa shape index (κ3) is 4.77. The van der Waals surface area contributed by atoms with Crippen LogP contribution in [0.2, 0.25) is 0 Å². The zero-order valence-corrected chi connectivity index (χ0v) is 12.0. The number of pyridine rings is 1. The average Bonchev–Trinajstić information content (AvgIpc) is 3.02. The lowest BCUT2D eigenvalue weighted by Crippen LogP contribution is -2.13. The minimum Gasteiger partial charge on any atom is -0.481 e. The van der Waals surface area contributed by atoms with E-state index in [0.717, 1.165) is 6.21 Å². The van der Waals surface area contributed by atoms with Crippen molar-refractivity contribution < 1.29 is 18.9 Å². The maximum atomic E-state index is 11.5. The molecule has 118 valence electrons. The summed E-state index contributed by atoms with van der Waals surface area (Å²) in [7, 11) is 1.51. The summed E-state index contributed by atoms with van der Waals surface area (Å²) in [6, 6.07) is 5.97. The van der Waals surface area contributed by atoms with Crippen LogP contribution in [0.5, 0.6) is 5.88 Å². The molecule has 1 amide bonds. The number of nitrogens with zero attached hydrogens (tertiary/aromatic N) is 3. The van der Waals surface area contributed by atoms with Gasteiger partial charge >= 0.3 is 5.88 Å². The predicted octanol–water partition coefficient (Wildman–Crippen LogP) is 1.75. The molecule has 0 unspecified atom stereocenters. The summed E-state index contributed by atoms with van der Waals surface area (Å²) in [5, 5.41) is 14.1. The van der Waals surface area contributed by atoms with Crippen LogP contribution in [0, 0.1) is 10.1 Å². The Hall–Kier alpha value is -3.49. The van der Waals surface area contributed by atoms with Crippen molar-refractivity contribution in [2.45, 2.75) is 0 Å². The Morgan fingerprint density at radius 2 is 2.26 bits per heavy atom. The molecule has 9 nitrogen and oxygen atoms in total. The van der Waals surface area contributed by atoms with E-state index in [1.807, 2.05) is 0 Å². The molecule has 2 aromatic rings. The van der Waals surface area contributed by atoms with Gasteiger partial charge in [0.15, 0.2) is 5.76 Å². The van der Waals surface area contributed by atoms with Gasteiger partial charge in [0, 0.05) is 18.3 Å². The van der Waals surface area contributed by atoms with Crippen molar-refractivity contribution in [2.75, 3.05) is 7.11 Å². The number of nitro groups is 1. The topological polar surface area (TPSA) is 120 Å². The second kappa shape index (κ2) is 7.50. The van der Waals surface area contributed by atoms with Gasteiger partial charge in [-0.3, -0.25) is 14.9 Å². The van der Waals surface area contributed by atoms with Crippen molar-refractivity contribution in [1.29, 1.82) is 0 Å². The van der Waals surface area contributed by atoms with E-state index in [4.69, 9.17) is 9.15 Å². The van der Waals surface area contributed by atoms with Crippen LogP contribution in [0.3, 0.4) is 0 Å². The van der Waals surface area contributed by atoms with Gasteiger partial charge in [0.1, 0.15) is 4.92 Å². The Kier molecular flexibility index (Phi) is 5.18. The minimum absolute atomic E-state index is 0.153. The fourth-order valence-electron chi connectivity index (χ4n) is 1.49. The molecule has 0 radical (unpaired) electrons. The summed E-state index contributed by atoms with van der Waals surface area (Å²) in [4.78, 5) is 25.3. The number of carbonyl (C=O) groups excluding carboxylic acids is 1. The first kappa shape index (κ1) is 15.9. The van der Waals surface area contributed by atoms with Crippen molar-refractivity contribution >= 4 is 24.1 Å². The van der Waals surface area contributed by atoms with Gasteiger partial charge in [-0.05, 0) is 23.8 Å². The average molecular weight is 316 g/mol. The van der Waals surface area contributed by atoms with E-state index in [-0.39, 0.29) is 5.76 Å². The highest BCUT2D eigenvalue weighted by atomic mass is 16.6. The highest BCUT2D eigenvalue weighted by Crippen LogP contribution is 2.13. The lowest BCUT2D eigenvalue weighted by molar-refractivity contribution is -0.402. The summed E-state index contributed by atoms with van der Waals surface area (Å²) >= 11 is 0. The number of nitrogens with one attached hydrogen (secondary N) is 1. The Labute approximate surface area is 130 Å². The van der Waals surface area contributed by atoms with Gasteiger partial charge in [-0.15, -0.1) is 0 Å². The predicted molar refractivity (Wildman–Crippen MR) is 80.9 cm³/mol. The first-order valence-electron chi connectivity index (χ1n) is 6.34. The lowest BCUT2D eigenvalue weighted by atomic mass is 10.2. The van der Waals surface area contributed by atoms with Gasteiger partial charge in [-0.1, -0.05) is 0 Å². The van der Waals surface area contributed by atoms with Crippen molar-refractivity contribution in [3.63, 3.8) is 0 Å². The van der Waals surface area contributed by atoms with Gasteiger partial charge in [-0.2, -0.15) is 5.10 Å². The molecule has 0 saturated carbocycles. The molecule has 0 aliphatic rings. The first-order chi connectivity index (χ1) is 11.1. The summed E-state index contributed by atoms with van der Waals surface area (Å²) in [6.45, 7) is 0. The monoisotopic (exact) mass is 316 g/mol. The number of ether oxygens (including phenoxy) is 1. The summed E-state index contributed by atoms with van der Waals surface area (Å²) in [5.74, 6) is -0.244. The Balaban J connectivity index is 1.87. The largest absolute Gasteiger partial charge is 0.481 e. The van der Waals surface area contributed by atoms with E-state index in [2.05, 4.69) is 15.5 Å². The van der Waals surface area contributed by atoms with Crippen LogP contribution < -0.4 is 10.2 Å². The molecule has 2 aromatic heterocycles. The molecule has 0 aliphatic heterocycles. The number of hydrogen-bond donors (Lipinski definition) is 1. The maximum absolute atomic E-state index is 11.5. The molecule has 0 spiro atoms. The van der Waals surface area contributed by atoms with Gasteiger partial charge in [0.05, 0.1) is 19.4 Å². The SMILES string of the molecule is COc1ccc(C=CC(=O)NN=Cc2ccc([N+](=O)[O-])o2)cn1. The molecule has 9 heteroatoms. The Morgan fingerprint density at radius 3 is 2.87 bits per heavy atom. The molecule has 2 heterocycles. The third-order valence-electron chi connectivity index (χ3n) is 2.55. The lowest BCUT2D eigenvalue weighted by Gasteiger charge is -1.97. The van der Waals surface area contributed by atoms with Crippen LogP contribution in [0.15, 0.2) is 46.1 Å². The Morgan fingerprint density at radius 1 is 1.43 bits per heavy atom. The molecule has 2 rings (SSSR count). The number of amides is 1. The summed E-state index contributed by atoms with van der Waals surface area (Å²) in [5.41, 5.74) is 2.95. The van der Waals surface area contributed by atoms with Crippen molar-refractivity contribution in [2.24, 2.45) is 5.10 Å². The fraction of sp³-hybridized carbons (Fsp3) is 0.0714. The van der Waals surface area contributed by atoms with Crippen LogP contribution in [-0.2, 0) is 4.79 Å². The molecule has 0 aromatic carbocycles. The maximum Gasteiger partial charge on any atom is 0.433 e. The number of methoxy groups -OCH3 is 1. The number of hydrogen-bond acceptors (Lipinski definition) is 7. The van der Waals surface area contributed by atoms with Crippen molar-refractivity contribution in [3.05, 3.63) is 58.0 Å². The second-order valence-corrected chi connectivity index (χ2v) is 4.13. The van der Waals surface area contributed by atoms with Crippen molar-refractivity contribution in [1.82, 2.24) is 10.4 Å². The van der Waals surface area contributed by atoms with Crippen LogP contribution >= 0.6 is 0 Å². The van der Waals surface area contributed by atoms with E-state index >= 15 is 0 Å².